The van der Waals surface area contributed by atoms with Crippen molar-refractivity contribution in [2.24, 2.45) is 0 Å². The van der Waals surface area contributed by atoms with Gasteiger partial charge in [-0.1, -0.05) is 105 Å². The Kier molecular flexibility index (Phi) is 26.8. The molecule has 3 unspecified atom stereocenters. The lowest BCUT2D eigenvalue weighted by atomic mass is 10.1. The molecule has 6 aromatic carbocycles. The summed E-state index contributed by atoms with van der Waals surface area (Å²) in [5, 5.41) is 27.3. The van der Waals surface area contributed by atoms with E-state index in [-0.39, 0.29) is 52.5 Å². The molecule has 0 radical (unpaired) electrons. The number of carboxylic acid groups (broad SMARTS) is 2. The fourth-order valence-corrected chi connectivity index (χ4v) is 9.67. The van der Waals surface area contributed by atoms with Crippen molar-refractivity contribution < 1.29 is 68.8 Å². The number of nitrogens with two attached hydrogens (primary N) is 1. The van der Waals surface area contributed by atoms with Gasteiger partial charge in [0, 0.05) is 74.5 Å². The third kappa shape index (κ3) is 22.6. The Hall–Kier alpha value is -6.85. The van der Waals surface area contributed by atoms with Gasteiger partial charge >= 0.3 is 24.1 Å². The Morgan fingerprint density at radius 1 is 0.590 bits per heavy atom. The zero-order valence-corrected chi connectivity index (χ0v) is 45.8. The van der Waals surface area contributed by atoms with Crippen molar-refractivity contribution in [3.8, 4) is 0 Å². The number of benzene rings is 6. The first-order valence-corrected chi connectivity index (χ1v) is 28.4. The third-order valence-corrected chi connectivity index (χ3v) is 13.6. The third-order valence-electron chi connectivity index (χ3n) is 10.2. The summed E-state index contributed by atoms with van der Waals surface area (Å²) in [5.74, 6) is -2.96. The van der Waals surface area contributed by atoms with Gasteiger partial charge in [-0.25, -0.2) is 14.4 Å². The number of nitrogen functional groups attached to an aromatic ring is 1. The number of ether oxygens (including phenoxy) is 1. The van der Waals surface area contributed by atoms with Gasteiger partial charge in [0.2, 0.25) is 0 Å². The number of hydrogen-bond acceptors (Lipinski definition) is 16. The standard InChI is InChI=1S/C21H28N2O4S2.C17H18F3N3O4S.C13H12N2O4S2/c1-3-5-12-22-18-14-16(21(24)27-13-6-4-2)15-19(23-29(25)26)20(18)28-17-10-8-7-9-11-17;18-17(19,20)7-4-8-21-13-9-11(16(24)25)10-14(23-28(26)27)15(13)22-12-5-2-1-3-6-12;14-10-6-8(13(16)17)7-11(15-21(18)19)12(10)20-9-4-2-1-3-5-9/h7-11,14-15,22-23H,3-6,12-13H2,1-2H3,(H,25,26);1-3,5-6,9-10,21-23H,4,7-8H2,(H,24,25)(H,26,27);1-7,15H,14H2,(H,16,17)(H,18,19)/p-3. The van der Waals surface area contributed by atoms with Gasteiger partial charge in [-0.15, -0.1) is 0 Å². The average Bonchev–Trinajstić information content (AvgIpc) is 3.41. The van der Waals surface area contributed by atoms with Gasteiger partial charge < -0.3 is 64.5 Å². The molecule has 0 aliphatic carbocycles. The molecule has 6 aromatic rings. The van der Waals surface area contributed by atoms with Crippen molar-refractivity contribution in [2.45, 2.75) is 78.1 Å². The summed E-state index contributed by atoms with van der Waals surface area (Å²) in [6.07, 6.45) is -1.87. The number of aromatic carboxylic acids is 2. The van der Waals surface area contributed by atoms with E-state index in [2.05, 4.69) is 37.0 Å². The number of alkyl halides is 3. The summed E-state index contributed by atoms with van der Waals surface area (Å²) >= 11 is -5.16. The van der Waals surface area contributed by atoms with Crippen LogP contribution in [0.1, 0.15) is 83.4 Å². The number of carbonyl (C=O) groups is 3. The molecule has 420 valence electrons. The van der Waals surface area contributed by atoms with Crippen LogP contribution < -0.4 is 35.9 Å². The van der Waals surface area contributed by atoms with Crippen LogP contribution in [-0.2, 0) is 38.5 Å². The van der Waals surface area contributed by atoms with E-state index in [1.165, 1.54) is 47.8 Å². The first kappa shape index (κ1) is 63.7. The molecule has 6 rings (SSSR count). The Labute approximate surface area is 464 Å². The fourth-order valence-electron chi connectivity index (χ4n) is 6.60. The average molecular weight is 1180 g/mol. The van der Waals surface area contributed by atoms with Crippen LogP contribution in [0.4, 0.5) is 58.7 Å². The Balaban J connectivity index is 0.000000256. The smallest absolute Gasteiger partial charge is 0.389 e. The molecule has 0 amide bonds. The summed E-state index contributed by atoms with van der Waals surface area (Å²) in [5.41, 5.74) is 8.07. The second-order valence-corrected chi connectivity index (χ2v) is 20.3. The Morgan fingerprint density at radius 3 is 1.55 bits per heavy atom. The summed E-state index contributed by atoms with van der Waals surface area (Å²) in [7, 11) is 0. The first-order chi connectivity index (χ1) is 37.2. The van der Waals surface area contributed by atoms with Crippen molar-refractivity contribution in [2.75, 3.05) is 55.5 Å². The number of unbranched alkanes of at least 4 members (excludes halogenated alkanes) is 2. The van der Waals surface area contributed by atoms with Crippen LogP contribution in [0, 0.1) is 0 Å². The van der Waals surface area contributed by atoms with E-state index in [0.29, 0.717) is 45.6 Å². The number of anilines is 8. The molecular formula is C51H55F3N7O12S5-3. The molecule has 0 aromatic heterocycles. The van der Waals surface area contributed by atoms with Crippen LogP contribution in [0.25, 0.3) is 0 Å². The van der Waals surface area contributed by atoms with Crippen LogP contribution in [0.2, 0.25) is 0 Å². The van der Waals surface area contributed by atoms with Crippen molar-refractivity contribution in [3.05, 3.63) is 144 Å². The lowest BCUT2D eigenvalue weighted by Crippen LogP contribution is -2.13. The molecule has 0 saturated heterocycles. The van der Waals surface area contributed by atoms with Crippen LogP contribution >= 0.6 is 23.5 Å². The second-order valence-electron chi connectivity index (χ2n) is 16.1. The monoisotopic (exact) mass is 1170 g/mol. The second kappa shape index (κ2) is 32.8. The number of halogens is 3. The molecule has 27 heteroatoms. The fraction of sp³-hybridized carbons (Fsp3) is 0.235. The summed E-state index contributed by atoms with van der Waals surface area (Å²) in [6.45, 7) is 5.07. The van der Waals surface area contributed by atoms with Gasteiger partial charge in [0.05, 0.1) is 67.2 Å². The molecule has 3 atom stereocenters. The normalized spacial score (nSPS) is 11.9. The first-order valence-electron chi connectivity index (χ1n) is 23.5. The van der Waals surface area contributed by atoms with E-state index in [9.17, 15) is 58.9 Å². The molecular weight excluding hydrogens is 1120 g/mol. The van der Waals surface area contributed by atoms with Crippen molar-refractivity contribution in [1.29, 1.82) is 0 Å². The molecule has 0 aliphatic heterocycles. The summed E-state index contributed by atoms with van der Waals surface area (Å²) in [4.78, 5) is 37.8. The van der Waals surface area contributed by atoms with E-state index >= 15 is 0 Å². The quantitative estimate of drug-likeness (QED) is 0.0105. The van der Waals surface area contributed by atoms with Gasteiger partial charge in [0.15, 0.2) is 0 Å². The molecule has 0 heterocycles. The molecule has 78 heavy (non-hydrogen) atoms. The predicted molar refractivity (Wildman–Crippen MR) is 299 cm³/mol. The molecule has 0 saturated carbocycles. The lowest BCUT2D eigenvalue weighted by Gasteiger charge is -2.21. The van der Waals surface area contributed by atoms with Gasteiger partial charge in [-0.2, -0.15) is 13.2 Å². The number of hydrogen-bond donors (Lipinski definition) is 9. The highest BCUT2D eigenvalue weighted by Crippen LogP contribution is 2.42. The summed E-state index contributed by atoms with van der Waals surface area (Å²) < 4.78 is 116. The molecule has 0 spiro atoms. The minimum Gasteiger partial charge on any atom is -0.755 e. The van der Waals surface area contributed by atoms with Gasteiger partial charge in [-0.05, 0) is 92.1 Å². The van der Waals surface area contributed by atoms with Crippen LogP contribution in [0.15, 0.2) is 147 Å². The maximum Gasteiger partial charge on any atom is 0.389 e. The highest BCUT2D eigenvalue weighted by molar-refractivity contribution is 8.00. The van der Waals surface area contributed by atoms with E-state index in [1.54, 1.807) is 36.4 Å². The highest BCUT2D eigenvalue weighted by atomic mass is 32.2. The maximum absolute atomic E-state index is 12.5. The summed E-state index contributed by atoms with van der Waals surface area (Å²) in [6, 6.07) is 35.6. The van der Waals surface area contributed by atoms with E-state index in [0.717, 1.165) is 41.5 Å². The SMILES string of the molecule is CCCCNc1cc(C(=O)OCCCC)cc(NS(=O)[O-])c1Sc1ccccc1.Nc1cc(C(=O)O)cc(NS(=O)[O-])c1Sc1ccccc1.O=C(O)c1cc(NCCCC(F)(F)F)c(Nc2ccccc2)c(NS(=O)[O-])c1. The number of nitrogens with one attached hydrogen (secondary N) is 6. The lowest BCUT2D eigenvalue weighted by molar-refractivity contribution is -0.134. The molecule has 19 nitrogen and oxygen atoms in total. The highest BCUT2D eigenvalue weighted by Gasteiger charge is 2.26. The topological polar surface area (TPSA) is 319 Å². The van der Waals surface area contributed by atoms with Gasteiger partial charge in [-0.3, -0.25) is 12.6 Å². The zero-order valence-electron chi connectivity index (χ0n) is 41.7. The number of carboxylic acids is 2. The van der Waals surface area contributed by atoms with E-state index < -0.39 is 64.3 Å². The minimum absolute atomic E-state index is 0.0598. The molecule has 0 fully saturated rings. The zero-order chi connectivity index (χ0) is 57.2. The van der Waals surface area contributed by atoms with Crippen molar-refractivity contribution in [1.82, 2.24) is 0 Å². The Morgan fingerprint density at radius 2 is 1.03 bits per heavy atom. The van der Waals surface area contributed by atoms with E-state index in [1.807, 2.05) is 67.6 Å². The van der Waals surface area contributed by atoms with Gasteiger partial charge in [0.25, 0.3) is 0 Å². The number of rotatable bonds is 26. The maximum atomic E-state index is 12.5. The molecule has 0 bridgehead atoms. The van der Waals surface area contributed by atoms with Gasteiger partial charge in [0.1, 0.15) is 0 Å². The molecule has 0 aliphatic rings. The van der Waals surface area contributed by atoms with Crippen LogP contribution in [0.5, 0.6) is 0 Å². The van der Waals surface area contributed by atoms with E-state index in [4.69, 9.17) is 15.6 Å². The number of para-hydroxylation sites is 1. The van der Waals surface area contributed by atoms with Crippen molar-refractivity contribution >= 4 is 121 Å². The number of carbonyl (C=O) groups excluding carboxylic acids is 1. The minimum atomic E-state index is -4.30. The predicted octanol–water partition coefficient (Wildman–Crippen LogP) is 11.6. The molecule has 10 N–H and O–H groups in total. The van der Waals surface area contributed by atoms with Crippen LogP contribution in [-0.4, -0.2) is 80.3 Å². The van der Waals surface area contributed by atoms with Crippen LogP contribution in [0.3, 0.4) is 0 Å². The Bertz CT molecular complexity index is 2990. The van der Waals surface area contributed by atoms with Crippen molar-refractivity contribution in [3.63, 3.8) is 0 Å². The largest absolute Gasteiger partial charge is 0.755 e. The number of esters is 1.